The van der Waals surface area contributed by atoms with E-state index in [1.54, 1.807) is 24.3 Å². The summed E-state index contributed by atoms with van der Waals surface area (Å²) in [6.45, 7) is -1.31. The summed E-state index contributed by atoms with van der Waals surface area (Å²) in [6.07, 6.45) is 3.50. The fourth-order valence-corrected chi connectivity index (χ4v) is 3.78. The molecule has 34 heavy (non-hydrogen) atoms. The summed E-state index contributed by atoms with van der Waals surface area (Å²) in [5, 5.41) is 12.3. The molecule has 0 aliphatic carbocycles. The predicted octanol–water partition coefficient (Wildman–Crippen LogP) is 8.17. The van der Waals surface area contributed by atoms with E-state index in [1.807, 2.05) is 0 Å². The summed E-state index contributed by atoms with van der Waals surface area (Å²) >= 11 is 0. The number of rotatable bonds is 10. The smallest absolute Gasteiger partial charge is 0.387 e. The van der Waals surface area contributed by atoms with Crippen LogP contribution in [0.2, 0.25) is 0 Å². The molecule has 0 aliphatic rings. The van der Waals surface area contributed by atoms with E-state index in [0.717, 1.165) is 43.4 Å². The highest BCUT2D eigenvalue weighted by Gasteiger charge is 2.22. The minimum atomic E-state index is -3.41. The summed E-state index contributed by atoms with van der Waals surface area (Å²) in [6, 6.07) is 9.00. The summed E-state index contributed by atoms with van der Waals surface area (Å²) in [5.74, 6) is -6.87. The van der Waals surface area contributed by atoms with Gasteiger partial charge in [-0.15, -0.1) is 0 Å². The molecule has 0 saturated heterocycles. The van der Waals surface area contributed by atoms with Crippen molar-refractivity contribution in [3.8, 4) is 22.6 Å². The minimum Gasteiger partial charge on any atom is -0.429 e. The van der Waals surface area contributed by atoms with Gasteiger partial charge in [0, 0.05) is 11.6 Å². The number of ether oxygens (including phenoxy) is 1. The van der Waals surface area contributed by atoms with Crippen LogP contribution in [0.1, 0.15) is 42.9 Å². The molecular weight excluding hydrogens is 458 g/mol. The molecule has 2 nitrogen and oxygen atoms in total. The molecule has 0 saturated carbocycles. The predicted molar refractivity (Wildman–Crippen MR) is 116 cm³/mol. The van der Waals surface area contributed by atoms with Crippen LogP contribution in [0.3, 0.4) is 0 Å². The summed E-state index contributed by atoms with van der Waals surface area (Å²) < 4.78 is 85.9. The van der Waals surface area contributed by atoms with E-state index in [9.17, 15) is 27.1 Å². The van der Waals surface area contributed by atoms with Gasteiger partial charge in [-0.2, -0.15) is 8.78 Å². The standard InChI is InChI=1S/C26H23F6O2/c1-2-3-4-5-15-6-9-17(10-7-15)23-22(33)14-19(27)18(24(23)30)11-8-16-12-20(28)25(21(29)13-16)34-26(31)32/h6-7,9-10,12-14,26H,2-5,8,11H2,1H3. The number of halogens is 6. The van der Waals surface area contributed by atoms with E-state index in [4.69, 9.17) is 0 Å². The lowest BCUT2D eigenvalue weighted by atomic mass is 9.95. The third-order valence-corrected chi connectivity index (χ3v) is 5.52. The zero-order chi connectivity index (χ0) is 24.8. The van der Waals surface area contributed by atoms with Crippen LogP contribution >= 0.6 is 0 Å². The number of aryl methyl sites for hydroxylation is 2. The first-order valence-electron chi connectivity index (χ1n) is 10.9. The lowest BCUT2D eigenvalue weighted by molar-refractivity contribution is -0.0546. The van der Waals surface area contributed by atoms with Crippen LogP contribution in [0.4, 0.5) is 26.3 Å². The molecule has 0 fully saturated rings. The number of hydrogen-bond acceptors (Lipinski definition) is 1. The topological polar surface area (TPSA) is 29.1 Å². The van der Waals surface area contributed by atoms with Crippen molar-refractivity contribution >= 4 is 0 Å². The van der Waals surface area contributed by atoms with Crippen LogP contribution in [-0.4, -0.2) is 6.61 Å². The molecule has 8 heteroatoms. The van der Waals surface area contributed by atoms with E-state index in [0.29, 0.717) is 11.6 Å². The molecule has 3 aromatic carbocycles. The summed E-state index contributed by atoms with van der Waals surface area (Å²) in [4.78, 5) is 0. The quantitative estimate of drug-likeness (QED) is 0.212. The van der Waals surface area contributed by atoms with Crippen molar-refractivity contribution in [1.82, 2.24) is 0 Å². The van der Waals surface area contributed by atoms with Gasteiger partial charge in [0.15, 0.2) is 23.1 Å². The second kappa shape index (κ2) is 11.3. The molecule has 1 radical (unpaired) electrons. The van der Waals surface area contributed by atoms with Crippen LogP contribution in [-0.2, 0) is 24.4 Å². The van der Waals surface area contributed by atoms with Crippen molar-refractivity contribution in [1.29, 1.82) is 0 Å². The molecule has 181 valence electrons. The van der Waals surface area contributed by atoms with E-state index >= 15 is 4.39 Å². The Morgan fingerprint density at radius 2 is 1.44 bits per heavy atom. The molecule has 0 heterocycles. The van der Waals surface area contributed by atoms with Gasteiger partial charge in [0.25, 0.3) is 0 Å². The van der Waals surface area contributed by atoms with Gasteiger partial charge in [0.2, 0.25) is 0 Å². The Bertz CT molecular complexity index is 1110. The third kappa shape index (κ3) is 6.04. The lowest BCUT2D eigenvalue weighted by Gasteiger charge is -2.13. The van der Waals surface area contributed by atoms with E-state index in [2.05, 4.69) is 11.7 Å². The summed E-state index contributed by atoms with van der Waals surface area (Å²) in [7, 11) is 0. The van der Waals surface area contributed by atoms with Gasteiger partial charge in [-0.25, -0.2) is 17.6 Å². The monoisotopic (exact) mass is 481 g/mol. The van der Waals surface area contributed by atoms with Crippen molar-refractivity contribution in [3.63, 3.8) is 0 Å². The van der Waals surface area contributed by atoms with Crippen molar-refractivity contribution in [3.05, 3.63) is 82.4 Å². The highest BCUT2D eigenvalue weighted by Crippen LogP contribution is 2.36. The molecule has 0 unspecified atom stereocenters. The molecule has 0 bridgehead atoms. The molecule has 3 rings (SSSR count). The first kappa shape index (κ1) is 25.5. The summed E-state index contributed by atoms with van der Waals surface area (Å²) in [5.41, 5.74) is 0.633. The fourth-order valence-electron chi connectivity index (χ4n) is 3.78. The Morgan fingerprint density at radius 1 is 0.794 bits per heavy atom. The highest BCUT2D eigenvalue weighted by atomic mass is 19.3. The van der Waals surface area contributed by atoms with Gasteiger partial charge in [-0.1, -0.05) is 44.0 Å². The molecule has 0 atom stereocenters. The maximum absolute atomic E-state index is 15.2. The van der Waals surface area contributed by atoms with Crippen LogP contribution in [0.15, 0.2) is 42.5 Å². The average molecular weight is 481 g/mol. The number of benzene rings is 3. The van der Waals surface area contributed by atoms with Gasteiger partial charge in [0.05, 0.1) is 5.56 Å². The van der Waals surface area contributed by atoms with Crippen LogP contribution < -0.4 is 4.74 Å². The molecule has 0 aliphatic heterocycles. The Labute approximate surface area is 193 Å². The maximum Gasteiger partial charge on any atom is 0.387 e. The molecule has 0 spiro atoms. The molecule has 3 aromatic rings. The van der Waals surface area contributed by atoms with Gasteiger partial charge >= 0.3 is 6.61 Å². The first-order valence-corrected chi connectivity index (χ1v) is 10.9. The normalized spacial score (nSPS) is 11.3. The van der Waals surface area contributed by atoms with Gasteiger partial charge < -0.3 is 4.74 Å². The minimum absolute atomic E-state index is 0.0143. The first-order chi connectivity index (χ1) is 16.2. The van der Waals surface area contributed by atoms with Crippen LogP contribution in [0.25, 0.3) is 11.1 Å². The third-order valence-electron chi connectivity index (χ3n) is 5.52. The van der Waals surface area contributed by atoms with Gasteiger partial charge in [0.1, 0.15) is 11.6 Å². The van der Waals surface area contributed by atoms with E-state index < -0.39 is 46.9 Å². The Kier molecular flexibility index (Phi) is 8.47. The average Bonchev–Trinajstić information content (AvgIpc) is 2.77. The highest BCUT2D eigenvalue weighted by molar-refractivity contribution is 5.72. The van der Waals surface area contributed by atoms with Crippen molar-refractivity contribution < 1.29 is 36.2 Å². The molecule has 0 N–H and O–H groups in total. The van der Waals surface area contributed by atoms with Gasteiger partial charge in [-0.05, 0) is 54.5 Å². The van der Waals surface area contributed by atoms with Crippen molar-refractivity contribution in [2.45, 2.75) is 52.1 Å². The lowest BCUT2D eigenvalue weighted by Crippen LogP contribution is -2.07. The molecule has 0 aromatic heterocycles. The second-order valence-electron chi connectivity index (χ2n) is 7.95. The molecule has 0 amide bonds. The Hall–Kier alpha value is -3.16. The SMILES string of the molecule is CCCCCc1ccc(-c2c([O])cc(F)c(CCc3cc(F)c(OC(F)F)c(F)c3)c2F)cc1. The fraction of sp³-hybridized carbons (Fsp3) is 0.308. The van der Waals surface area contributed by atoms with Crippen molar-refractivity contribution in [2.75, 3.05) is 0 Å². The maximum atomic E-state index is 15.2. The number of alkyl halides is 2. The van der Waals surface area contributed by atoms with E-state index in [1.165, 1.54) is 0 Å². The second-order valence-corrected chi connectivity index (χ2v) is 7.95. The number of unbranched alkanes of at least 4 members (excludes halogenated alkanes) is 2. The van der Waals surface area contributed by atoms with Crippen molar-refractivity contribution in [2.24, 2.45) is 0 Å². The van der Waals surface area contributed by atoms with Crippen LogP contribution in [0, 0.1) is 23.3 Å². The van der Waals surface area contributed by atoms with E-state index in [-0.39, 0.29) is 24.0 Å². The Balaban J connectivity index is 1.83. The largest absolute Gasteiger partial charge is 0.429 e. The van der Waals surface area contributed by atoms with Crippen LogP contribution in [0.5, 0.6) is 11.5 Å². The zero-order valence-electron chi connectivity index (χ0n) is 18.4. The molecular formula is C26H23F6O2. The zero-order valence-corrected chi connectivity index (χ0v) is 18.4. The Morgan fingerprint density at radius 3 is 2.03 bits per heavy atom. The van der Waals surface area contributed by atoms with Gasteiger partial charge in [-0.3, -0.25) is 5.11 Å². The number of hydrogen-bond donors (Lipinski definition) is 0.